The number of amides is 1. The van der Waals surface area contributed by atoms with Crippen LogP contribution in [0.15, 0.2) is 30.6 Å². The van der Waals surface area contributed by atoms with Crippen LogP contribution in [0.2, 0.25) is 0 Å². The highest BCUT2D eigenvalue weighted by atomic mass is 32.2. The van der Waals surface area contributed by atoms with Crippen molar-refractivity contribution < 1.29 is 17.9 Å². The van der Waals surface area contributed by atoms with Crippen molar-refractivity contribution in [3.05, 3.63) is 30.6 Å². The van der Waals surface area contributed by atoms with Gasteiger partial charge in [-0.15, -0.1) is 5.10 Å². The second kappa shape index (κ2) is 6.19. The molecule has 1 aliphatic heterocycles. The van der Waals surface area contributed by atoms with Crippen molar-refractivity contribution in [2.75, 3.05) is 18.1 Å². The maximum atomic E-state index is 12.0. The molecule has 1 N–H and O–H groups in total. The lowest BCUT2D eigenvalue weighted by molar-refractivity contribution is -0.124. The molecule has 1 atom stereocenters. The highest BCUT2D eigenvalue weighted by molar-refractivity contribution is 7.91. The van der Waals surface area contributed by atoms with Gasteiger partial charge in [-0.3, -0.25) is 4.79 Å². The van der Waals surface area contributed by atoms with Gasteiger partial charge in [-0.1, -0.05) is 6.07 Å². The van der Waals surface area contributed by atoms with Crippen LogP contribution >= 0.6 is 0 Å². The van der Waals surface area contributed by atoms with Crippen LogP contribution in [0.1, 0.15) is 13.3 Å². The highest BCUT2D eigenvalue weighted by Gasteiger charge is 2.39. The molecule has 0 radical (unpaired) electrons. The fourth-order valence-corrected chi connectivity index (χ4v) is 4.72. The van der Waals surface area contributed by atoms with Gasteiger partial charge >= 0.3 is 0 Å². The summed E-state index contributed by atoms with van der Waals surface area (Å²) in [4.78, 5) is 12.0. The van der Waals surface area contributed by atoms with Gasteiger partial charge in [0.05, 0.1) is 22.7 Å². The van der Waals surface area contributed by atoms with Crippen LogP contribution in [0.4, 0.5) is 0 Å². The van der Waals surface area contributed by atoms with Gasteiger partial charge in [0.25, 0.3) is 5.91 Å². The van der Waals surface area contributed by atoms with Crippen LogP contribution in [0, 0.1) is 0 Å². The molecule has 1 aromatic heterocycles. The summed E-state index contributed by atoms with van der Waals surface area (Å²) < 4.78 is 30.1. The van der Waals surface area contributed by atoms with Gasteiger partial charge in [0.1, 0.15) is 12.1 Å². The van der Waals surface area contributed by atoms with E-state index in [4.69, 9.17) is 4.74 Å². The molecule has 0 aliphatic carbocycles. The summed E-state index contributed by atoms with van der Waals surface area (Å²) in [5, 5.41) is 13.6. The third-order valence-electron chi connectivity index (χ3n) is 3.75. The number of carbonyl (C=O) groups excluding carboxylic acids is 1. The van der Waals surface area contributed by atoms with E-state index in [2.05, 4.69) is 20.8 Å². The summed E-state index contributed by atoms with van der Waals surface area (Å²) in [6.45, 7) is 1.53. The predicted molar refractivity (Wildman–Crippen MR) is 84.5 cm³/mol. The number of ether oxygens (including phenoxy) is 1. The monoisotopic (exact) mass is 351 g/mol. The first kappa shape index (κ1) is 16.4. The van der Waals surface area contributed by atoms with Crippen LogP contribution < -0.4 is 10.1 Å². The molecule has 1 amide bonds. The Balaban J connectivity index is 1.58. The molecule has 10 heteroatoms. The van der Waals surface area contributed by atoms with E-state index in [1.54, 1.807) is 31.2 Å². The number of carbonyl (C=O) groups is 1. The van der Waals surface area contributed by atoms with E-state index >= 15 is 0 Å². The maximum absolute atomic E-state index is 12.0. The van der Waals surface area contributed by atoms with Crippen LogP contribution in [-0.2, 0) is 14.6 Å². The second-order valence-electron chi connectivity index (χ2n) is 5.99. The molecule has 1 aromatic carbocycles. The lowest BCUT2D eigenvalue weighted by Crippen LogP contribution is -2.48. The smallest absolute Gasteiger partial charge is 0.258 e. The normalized spacial score (nSPS) is 22.2. The lowest BCUT2D eigenvalue weighted by Gasteiger charge is -2.23. The minimum Gasteiger partial charge on any atom is -0.484 e. The van der Waals surface area contributed by atoms with Gasteiger partial charge in [-0.05, 0) is 35.9 Å². The van der Waals surface area contributed by atoms with E-state index in [0.717, 1.165) is 0 Å². The van der Waals surface area contributed by atoms with Gasteiger partial charge in [0, 0.05) is 6.07 Å². The lowest BCUT2D eigenvalue weighted by atomic mass is 10.0. The molecule has 1 fully saturated rings. The molecular weight excluding hydrogens is 334 g/mol. The molecule has 0 spiro atoms. The number of tetrazole rings is 1. The van der Waals surface area contributed by atoms with E-state index in [1.165, 1.54) is 11.0 Å². The Morgan fingerprint density at radius 1 is 1.46 bits per heavy atom. The van der Waals surface area contributed by atoms with E-state index in [9.17, 15) is 13.2 Å². The Hall–Kier alpha value is -2.49. The third kappa shape index (κ3) is 3.88. The molecule has 0 saturated carbocycles. The molecule has 1 saturated heterocycles. The van der Waals surface area contributed by atoms with Gasteiger partial charge in [0.15, 0.2) is 16.4 Å². The van der Waals surface area contributed by atoms with Crippen molar-refractivity contribution in [3.63, 3.8) is 0 Å². The largest absolute Gasteiger partial charge is 0.484 e. The van der Waals surface area contributed by atoms with E-state index in [-0.39, 0.29) is 24.0 Å². The average Bonchev–Trinajstić information content (AvgIpc) is 3.14. The molecule has 128 valence electrons. The van der Waals surface area contributed by atoms with Crippen LogP contribution in [0.3, 0.4) is 0 Å². The van der Waals surface area contributed by atoms with E-state index in [0.29, 0.717) is 17.9 Å². The number of hydrogen-bond donors (Lipinski definition) is 1. The van der Waals surface area contributed by atoms with Crippen molar-refractivity contribution in [1.82, 2.24) is 25.5 Å². The molecule has 2 heterocycles. The first-order chi connectivity index (χ1) is 11.4. The van der Waals surface area contributed by atoms with Crippen molar-refractivity contribution in [2.45, 2.75) is 18.9 Å². The Labute approximate surface area is 138 Å². The van der Waals surface area contributed by atoms with Gasteiger partial charge in [-0.2, -0.15) is 0 Å². The number of hydrogen-bond acceptors (Lipinski definition) is 7. The molecule has 0 unspecified atom stereocenters. The Kier molecular flexibility index (Phi) is 4.22. The van der Waals surface area contributed by atoms with E-state index < -0.39 is 15.4 Å². The Bertz CT molecular complexity index is 837. The first-order valence-corrected chi connectivity index (χ1v) is 9.15. The molecule has 0 bridgehead atoms. The topological polar surface area (TPSA) is 116 Å². The van der Waals surface area contributed by atoms with Crippen LogP contribution in [-0.4, -0.2) is 58.2 Å². The van der Waals surface area contributed by atoms with Gasteiger partial charge < -0.3 is 10.1 Å². The number of aromatic nitrogens is 4. The van der Waals surface area contributed by atoms with Gasteiger partial charge in [-0.25, -0.2) is 13.1 Å². The first-order valence-electron chi connectivity index (χ1n) is 7.33. The van der Waals surface area contributed by atoms with Crippen LogP contribution in [0.5, 0.6) is 5.75 Å². The van der Waals surface area contributed by atoms with Crippen molar-refractivity contribution in [2.24, 2.45) is 0 Å². The summed E-state index contributed by atoms with van der Waals surface area (Å²) in [6, 6.07) is 6.97. The zero-order chi connectivity index (χ0) is 17.2. The number of rotatable bonds is 5. The molecule has 24 heavy (non-hydrogen) atoms. The third-order valence-corrected chi connectivity index (χ3v) is 5.65. The molecule has 2 aromatic rings. The maximum Gasteiger partial charge on any atom is 0.258 e. The zero-order valence-corrected chi connectivity index (χ0v) is 13.9. The summed E-state index contributed by atoms with van der Waals surface area (Å²) in [5.41, 5.74) is -0.0279. The summed E-state index contributed by atoms with van der Waals surface area (Å²) in [7, 11) is -3.07. The Morgan fingerprint density at radius 2 is 2.29 bits per heavy atom. The number of nitrogens with zero attached hydrogens (tertiary/aromatic N) is 4. The predicted octanol–water partition coefficient (Wildman–Crippen LogP) is -0.265. The van der Waals surface area contributed by atoms with Gasteiger partial charge in [0.2, 0.25) is 0 Å². The standard InChI is InChI=1S/C14H17N5O4S/c1-14(5-6-24(21,22)9-14)16-13(20)8-23-12-4-2-3-11(7-12)19-10-15-17-18-19/h2-4,7,10H,5-6,8-9H2,1H3,(H,16,20)/t14-/m0/s1. The minimum atomic E-state index is -3.07. The number of benzene rings is 1. The SMILES string of the molecule is C[C@]1(NC(=O)COc2cccc(-n3cnnn3)c2)CCS(=O)(=O)C1. The van der Waals surface area contributed by atoms with E-state index in [1.807, 2.05) is 0 Å². The molecule has 9 nitrogen and oxygen atoms in total. The second-order valence-corrected chi connectivity index (χ2v) is 8.18. The fourth-order valence-electron chi connectivity index (χ4n) is 2.63. The van der Waals surface area contributed by atoms with Crippen LogP contribution in [0.25, 0.3) is 5.69 Å². The summed E-state index contributed by atoms with van der Waals surface area (Å²) >= 11 is 0. The molecule has 1 aliphatic rings. The summed E-state index contributed by atoms with van der Waals surface area (Å²) in [5.74, 6) is 0.184. The molecular formula is C14H17N5O4S. The fraction of sp³-hybridized carbons (Fsp3) is 0.429. The Morgan fingerprint density at radius 3 is 2.96 bits per heavy atom. The number of sulfone groups is 1. The quantitative estimate of drug-likeness (QED) is 0.788. The zero-order valence-electron chi connectivity index (χ0n) is 13.0. The van der Waals surface area contributed by atoms with Crippen molar-refractivity contribution >= 4 is 15.7 Å². The summed E-state index contributed by atoms with van der Waals surface area (Å²) in [6.07, 6.45) is 1.86. The number of nitrogens with one attached hydrogen (secondary N) is 1. The van der Waals surface area contributed by atoms with Crippen molar-refractivity contribution in [1.29, 1.82) is 0 Å². The highest BCUT2D eigenvalue weighted by Crippen LogP contribution is 2.22. The average molecular weight is 351 g/mol. The van der Waals surface area contributed by atoms with Crippen molar-refractivity contribution in [3.8, 4) is 11.4 Å². The molecule has 3 rings (SSSR count). The minimum absolute atomic E-state index is 0.0411.